The van der Waals surface area contributed by atoms with E-state index in [1.807, 2.05) is 23.6 Å². The zero-order chi connectivity index (χ0) is 31.3. The summed E-state index contributed by atoms with van der Waals surface area (Å²) in [5.41, 5.74) is 8.92. The third kappa shape index (κ3) is 3.58. The SMILES string of the molecule is c1ccc2c(c1)ccc1c2nc2c3sc4c5ccccc5ccc4c3cc(-c3ccc(-c4cc5cccnc5c5ccccc45)cc3)n12. The van der Waals surface area contributed by atoms with Crippen molar-refractivity contribution in [2.24, 2.45) is 0 Å². The Bertz CT molecular complexity index is 3110. The predicted molar refractivity (Wildman–Crippen MR) is 204 cm³/mol. The average Bonchev–Trinajstić information content (AvgIpc) is 3.74. The van der Waals surface area contributed by atoms with Gasteiger partial charge in [0, 0.05) is 37.8 Å². The quantitative estimate of drug-likeness (QED) is 0.179. The maximum Gasteiger partial charge on any atom is 0.156 e. The van der Waals surface area contributed by atoms with E-state index < -0.39 is 0 Å². The Balaban J connectivity index is 1.20. The second-order valence-electron chi connectivity index (χ2n) is 12.6. The molecule has 7 aromatic carbocycles. The van der Waals surface area contributed by atoms with Gasteiger partial charge < -0.3 is 0 Å². The number of benzene rings is 7. The van der Waals surface area contributed by atoms with Gasteiger partial charge in [-0.15, -0.1) is 11.3 Å². The number of rotatable bonds is 2. The minimum absolute atomic E-state index is 1.01. The van der Waals surface area contributed by atoms with E-state index in [0.29, 0.717) is 0 Å². The van der Waals surface area contributed by atoms with Crippen LogP contribution in [0.1, 0.15) is 0 Å². The van der Waals surface area contributed by atoms with Gasteiger partial charge in [0.1, 0.15) is 0 Å². The van der Waals surface area contributed by atoms with E-state index in [0.717, 1.165) is 38.8 Å². The van der Waals surface area contributed by atoms with Crippen LogP contribution in [0.2, 0.25) is 0 Å². The lowest BCUT2D eigenvalue weighted by Gasteiger charge is -2.12. The van der Waals surface area contributed by atoms with Crippen molar-refractivity contribution in [2.45, 2.75) is 0 Å². The molecule has 222 valence electrons. The summed E-state index contributed by atoms with van der Waals surface area (Å²) in [6.45, 7) is 0. The first kappa shape index (κ1) is 26.0. The zero-order valence-electron chi connectivity index (χ0n) is 25.7. The first-order chi connectivity index (χ1) is 23.8. The topological polar surface area (TPSA) is 30.2 Å². The highest BCUT2D eigenvalue weighted by Crippen LogP contribution is 2.44. The van der Waals surface area contributed by atoms with Crippen molar-refractivity contribution in [2.75, 3.05) is 0 Å². The molecule has 11 aromatic rings. The first-order valence-electron chi connectivity index (χ1n) is 16.2. The predicted octanol–water partition coefficient (Wildman–Crippen LogP) is 12.2. The summed E-state index contributed by atoms with van der Waals surface area (Å²) < 4.78 is 4.92. The van der Waals surface area contributed by atoms with Crippen LogP contribution in [0.4, 0.5) is 0 Å². The molecule has 0 amide bonds. The highest BCUT2D eigenvalue weighted by atomic mass is 32.1. The molecule has 4 aromatic heterocycles. The fourth-order valence-electron chi connectivity index (χ4n) is 7.75. The lowest BCUT2D eigenvalue weighted by molar-refractivity contribution is 1.25. The number of thiophene rings is 1. The van der Waals surface area contributed by atoms with Gasteiger partial charge in [-0.3, -0.25) is 9.38 Å². The molecule has 0 aliphatic rings. The molecule has 0 saturated heterocycles. The van der Waals surface area contributed by atoms with Gasteiger partial charge in [-0.05, 0) is 62.5 Å². The fraction of sp³-hybridized carbons (Fsp3) is 0. The van der Waals surface area contributed by atoms with E-state index in [1.165, 1.54) is 63.6 Å². The number of pyridine rings is 2. The van der Waals surface area contributed by atoms with Crippen LogP contribution >= 0.6 is 11.3 Å². The van der Waals surface area contributed by atoms with E-state index in [2.05, 4.69) is 144 Å². The van der Waals surface area contributed by atoms with Gasteiger partial charge in [0.2, 0.25) is 0 Å². The second kappa shape index (κ2) is 9.71. The van der Waals surface area contributed by atoms with E-state index >= 15 is 0 Å². The molecule has 0 N–H and O–H groups in total. The molecule has 11 rings (SSSR count). The number of aromatic nitrogens is 3. The highest BCUT2D eigenvalue weighted by molar-refractivity contribution is 7.27. The van der Waals surface area contributed by atoms with Crippen molar-refractivity contribution in [3.05, 3.63) is 152 Å². The average molecular weight is 628 g/mol. The van der Waals surface area contributed by atoms with Crippen LogP contribution in [0.3, 0.4) is 0 Å². The van der Waals surface area contributed by atoms with E-state index in [1.54, 1.807) is 0 Å². The monoisotopic (exact) mass is 627 g/mol. The Morgan fingerprint density at radius 3 is 2.00 bits per heavy atom. The Kier molecular flexibility index (Phi) is 5.26. The largest absolute Gasteiger partial charge is 0.291 e. The van der Waals surface area contributed by atoms with Crippen LogP contribution in [-0.4, -0.2) is 14.4 Å². The number of imidazole rings is 1. The zero-order valence-corrected chi connectivity index (χ0v) is 26.5. The maximum absolute atomic E-state index is 5.43. The van der Waals surface area contributed by atoms with Gasteiger partial charge >= 0.3 is 0 Å². The normalized spacial score (nSPS) is 12.2. The molecule has 0 unspecified atom stereocenters. The van der Waals surface area contributed by atoms with Crippen molar-refractivity contribution >= 4 is 91.4 Å². The van der Waals surface area contributed by atoms with Gasteiger partial charge in [-0.1, -0.05) is 121 Å². The highest BCUT2D eigenvalue weighted by Gasteiger charge is 2.20. The van der Waals surface area contributed by atoms with E-state index in [4.69, 9.17) is 9.97 Å². The molecule has 4 heteroatoms. The van der Waals surface area contributed by atoms with Crippen molar-refractivity contribution in [3.63, 3.8) is 0 Å². The van der Waals surface area contributed by atoms with Crippen LogP contribution in [0.15, 0.2) is 152 Å². The number of nitrogens with zero attached hydrogens (tertiary/aromatic N) is 3. The summed E-state index contributed by atoms with van der Waals surface area (Å²) in [6, 6.07) is 52.8. The molecule has 4 heterocycles. The molecule has 0 aliphatic carbocycles. The first-order valence-corrected chi connectivity index (χ1v) is 17.1. The number of fused-ring (bicyclic) bond motifs is 14. The van der Waals surface area contributed by atoms with Crippen LogP contribution in [0.5, 0.6) is 0 Å². The third-order valence-corrected chi connectivity index (χ3v) is 11.2. The molecular weight excluding hydrogens is 603 g/mol. The molecule has 0 atom stereocenters. The summed E-state index contributed by atoms with van der Waals surface area (Å²) in [5.74, 6) is 0. The summed E-state index contributed by atoms with van der Waals surface area (Å²) >= 11 is 1.86. The van der Waals surface area contributed by atoms with Crippen LogP contribution in [0.25, 0.3) is 102 Å². The maximum atomic E-state index is 5.43. The fourth-order valence-corrected chi connectivity index (χ4v) is 9.05. The Morgan fingerprint density at radius 2 is 1.15 bits per heavy atom. The summed E-state index contributed by atoms with van der Waals surface area (Å²) in [5, 5.41) is 11.0. The van der Waals surface area contributed by atoms with Gasteiger partial charge in [-0.25, -0.2) is 4.98 Å². The van der Waals surface area contributed by atoms with Gasteiger partial charge in [-0.2, -0.15) is 0 Å². The second-order valence-corrected chi connectivity index (χ2v) is 13.6. The van der Waals surface area contributed by atoms with E-state index in [-0.39, 0.29) is 0 Å². The van der Waals surface area contributed by atoms with Crippen molar-refractivity contribution in [3.8, 4) is 22.4 Å². The Morgan fingerprint density at radius 1 is 0.458 bits per heavy atom. The summed E-state index contributed by atoms with van der Waals surface area (Å²) in [7, 11) is 0. The minimum atomic E-state index is 1.01. The van der Waals surface area contributed by atoms with Crippen LogP contribution < -0.4 is 0 Å². The van der Waals surface area contributed by atoms with Crippen molar-refractivity contribution in [1.82, 2.24) is 14.4 Å². The smallest absolute Gasteiger partial charge is 0.156 e. The molecule has 0 bridgehead atoms. The summed E-state index contributed by atoms with van der Waals surface area (Å²) in [6.07, 6.45) is 1.88. The lowest BCUT2D eigenvalue weighted by Crippen LogP contribution is -1.93. The van der Waals surface area contributed by atoms with E-state index in [9.17, 15) is 0 Å². The molecule has 0 saturated carbocycles. The minimum Gasteiger partial charge on any atom is -0.291 e. The Labute approximate surface area is 279 Å². The van der Waals surface area contributed by atoms with Gasteiger partial charge in [0.05, 0.1) is 26.9 Å². The lowest BCUT2D eigenvalue weighted by atomic mass is 9.94. The Hall–Kier alpha value is -6.10. The molecule has 3 nitrogen and oxygen atoms in total. The van der Waals surface area contributed by atoms with Gasteiger partial charge in [0.25, 0.3) is 0 Å². The number of hydrogen-bond acceptors (Lipinski definition) is 3. The van der Waals surface area contributed by atoms with Gasteiger partial charge in [0.15, 0.2) is 5.65 Å². The molecule has 0 spiro atoms. The van der Waals surface area contributed by atoms with Crippen molar-refractivity contribution < 1.29 is 0 Å². The molecule has 0 fully saturated rings. The standard InChI is InChI=1S/C44H25N3S/c1-3-11-31-26(8-1)20-22-38-41(31)46-44-43-37(35-21-19-27-9-2-4-12-32(27)42(35)48-43)25-39(47(38)44)29-17-15-28(16-18-29)36-24-30-10-7-23-45-40(30)34-14-6-5-13-33(34)36/h1-25H. The van der Waals surface area contributed by atoms with Crippen molar-refractivity contribution in [1.29, 1.82) is 0 Å². The van der Waals surface area contributed by atoms with Crippen LogP contribution in [0, 0.1) is 0 Å². The number of hydrogen-bond donors (Lipinski definition) is 0. The summed E-state index contributed by atoms with van der Waals surface area (Å²) in [4.78, 5) is 10.1. The molecule has 0 radical (unpaired) electrons. The molecular formula is C44H25N3S. The molecule has 48 heavy (non-hydrogen) atoms. The third-order valence-electron chi connectivity index (χ3n) is 10.00. The molecule has 0 aliphatic heterocycles. The van der Waals surface area contributed by atoms with Crippen LogP contribution in [-0.2, 0) is 0 Å².